The van der Waals surface area contributed by atoms with Gasteiger partial charge in [0.1, 0.15) is 0 Å². The zero-order chi connectivity index (χ0) is 26.6. The summed E-state index contributed by atoms with van der Waals surface area (Å²) in [7, 11) is 1.71. The van der Waals surface area contributed by atoms with E-state index in [4.69, 9.17) is 22.0 Å². The molecule has 2 aliphatic rings. The molecule has 196 valence electrons. The SMILES string of the molecule is C/C(N)=C(\c1cc(C(N)=O)c2c(c1)c1ccc(C(=O)N3CC(C)OC(C)C3)cc1n2CC1CC1)N(C)N. The molecule has 3 aromatic rings. The van der Waals surface area contributed by atoms with Gasteiger partial charge in [0.15, 0.2) is 0 Å². The maximum absolute atomic E-state index is 13.5. The molecule has 9 heteroatoms. The van der Waals surface area contributed by atoms with E-state index in [1.54, 1.807) is 20.0 Å². The first-order chi connectivity index (χ1) is 17.5. The van der Waals surface area contributed by atoms with Crippen molar-refractivity contribution in [3.8, 4) is 0 Å². The summed E-state index contributed by atoms with van der Waals surface area (Å²) >= 11 is 0. The number of hydrazine groups is 1. The lowest BCUT2D eigenvalue weighted by Crippen LogP contribution is -2.48. The van der Waals surface area contributed by atoms with Crippen LogP contribution >= 0.6 is 0 Å². The van der Waals surface area contributed by atoms with Crippen LogP contribution in [0.1, 0.15) is 59.9 Å². The summed E-state index contributed by atoms with van der Waals surface area (Å²) in [6, 6.07) is 9.57. The predicted molar refractivity (Wildman–Crippen MR) is 145 cm³/mol. The van der Waals surface area contributed by atoms with Gasteiger partial charge in [0.05, 0.1) is 29.0 Å². The summed E-state index contributed by atoms with van der Waals surface area (Å²) in [5.41, 5.74) is 16.7. The average molecular weight is 505 g/mol. The Labute approximate surface area is 216 Å². The monoisotopic (exact) mass is 504 g/mol. The van der Waals surface area contributed by atoms with E-state index in [1.165, 1.54) is 5.01 Å². The number of nitrogens with zero attached hydrogens (tertiary/aromatic N) is 3. The molecule has 2 heterocycles. The first-order valence-electron chi connectivity index (χ1n) is 12.8. The Balaban J connectivity index is 1.73. The molecule has 5 rings (SSSR count). The number of nitrogens with two attached hydrogens (primary N) is 3. The summed E-state index contributed by atoms with van der Waals surface area (Å²) in [6.45, 7) is 7.62. The Bertz CT molecular complexity index is 1420. The van der Waals surface area contributed by atoms with E-state index in [0.29, 0.717) is 47.1 Å². The number of carbonyl (C=O) groups is 2. The lowest BCUT2D eigenvalue weighted by Gasteiger charge is -2.35. The average Bonchev–Trinajstić information content (AvgIpc) is 3.59. The largest absolute Gasteiger partial charge is 0.401 e. The second kappa shape index (κ2) is 9.39. The predicted octanol–water partition coefficient (Wildman–Crippen LogP) is 3.01. The maximum atomic E-state index is 13.5. The minimum absolute atomic E-state index is 0.0109. The zero-order valence-electron chi connectivity index (χ0n) is 22.0. The number of hydrogen-bond donors (Lipinski definition) is 3. The fourth-order valence-electron chi connectivity index (χ4n) is 5.68. The van der Waals surface area contributed by atoms with Crippen LogP contribution in [0.25, 0.3) is 27.5 Å². The molecule has 1 saturated heterocycles. The highest BCUT2D eigenvalue weighted by Gasteiger charge is 2.29. The Hall–Kier alpha value is -3.56. The van der Waals surface area contributed by atoms with Crippen molar-refractivity contribution in [3.63, 3.8) is 0 Å². The Morgan fingerprint density at radius 1 is 1.03 bits per heavy atom. The van der Waals surface area contributed by atoms with Crippen LogP contribution in [0, 0.1) is 5.92 Å². The highest BCUT2D eigenvalue weighted by molar-refractivity contribution is 6.17. The van der Waals surface area contributed by atoms with Crippen LogP contribution in [-0.4, -0.2) is 58.6 Å². The highest BCUT2D eigenvalue weighted by Crippen LogP contribution is 2.39. The van der Waals surface area contributed by atoms with Crippen LogP contribution in [0.4, 0.5) is 0 Å². The van der Waals surface area contributed by atoms with Gasteiger partial charge >= 0.3 is 0 Å². The molecular formula is C28H36N6O3. The van der Waals surface area contributed by atoms with E-state index >= 15 is 0 Å². The van der Waals surface area contributed by atoms with Gasteiger partial charge in [-0.25, -0.2) is 5.84 Å². The van der Waals surface area contributed by atoms with Gasteiger partial charge in [0, 0.05) is 59.8 Å². The third-order valence-electron chi connectivity index (χ3n) is 7.32. The van der Waals surface area contributed by atoms with Gasteiger partial charge in [-0.2, -0.15) is 0 Å². The molecule has 1 aromatic heterocycles. The van der Waals surface area contributed by atoms with Gasteiger partial charge in [-0.3, -0.25) is 9.59 Å². The first-order valence-corrected chi connectivity index (χ1v) is 12.8. The van der Waals surface area contributed by atoms with Gasteiger partial charge in [-0.15, -0.1) is 0 Å². The molecule has 37 heavy (non-hydrogen) atoms. The van der Waals surface area contributed by atoms with E-state index in [-0.39, 0.29) is 18.1 Å². The second-order valence-corrected chi connectivity index (χ2v) is 10.7. The lowest BCUT2D eigenvalue weighted by atomic mass is 10.0. The molecule has 1 saturated carbocycles. The van der Waals surface area contributed by atoms with Crippen molar-refractivity contribution in [3.05, 3.63) is 52.7 Å². The van der Waals surface area contributed by atoms with Crippen molar-refractivity contribution >= 4 is 39.3 Å². The molecule has 2 fully saturated rings. The number of primary amides is 1. The molecule has 2 unspecified atom stereocenters. The Kier molecular flexibility index (Phi) is 6.37. The number of carbonyl (C=O) groups excluding carboxylic acids is 2. The highest BCUT2D eigenvalue weighted by atomic mass is 16.5. The molecule has 1 aliphatic carbocycles. The number of benzene rings is 2. The molecule has 0 radical (unpaired) electrons. The minimum Gasteiger partial charge on any atom is -0.401 e. The van der Waals surface area contributed by atoms with Crippen molar-refractivity contribution in [1.29, 1.82) is 0 Å². The zero-order valence-corrected chi connectivity index (χ0v) is 22.0. The number of hydrogen-bond acceptors (Lipinski definition) is 6. The fraction of sp³-hybridized carbons (Fsp3) is 0.429. The normalized spacial score (nSPS) is 20.8. The van der Waals surface area contributed by atoms with Crippen molar-refractivity contribution in [1.82, 2.24) is 14.5 Å². The van der Waals surface area contributed by atoms with E-state index in [1.807, 2.05) is 43.0 Å². The van der Waals surface area contributed by atoms with Gasteiger partial charge in [-0.1, -0.05) is 6.07 Å². The smallest absolute Gasteiger partial charge is 0.254 e. The van der Waals surface area contributed by atoms with Crippen LogP contribution in [-0.2, 0) is 11.3 Å². The van der Waals surface area contributed by atoms with Crippen molar-refractivity contribution in [2.24, 2.45) is 23.2 Å². The molecule has 1 aliphatic heterocycles. The molecule has 6 N–H and O–H groups in total. The number of ether oxygens (including phenoxy) is 1. The fourth-order valence-corrected chi connectivity index (χ4v) is 5.68. The van der Waals surface area contributed by atoms with E-state index in [9.17, 15) is 9.59 Å². The van der Waals surface area contributed by atoms with E-state index in [0.717, 1.165) is 41.2 Å². The van der Waals surface area contributed by atoms with Crippen LogP contribution in [0.5, 0.6) is 0 Å². The second-order valence-electron chi connectivity index (χ2n) is 10.7. The quantitative estimate of drug-likeness (QED) is 0.349. The van der Waals surface area contributed by atoms with Crippen LogP contribution in [0.3, 0.4) is 0 Å². The Morgan fingerprint density at radius 2 is 1.70 bits per heavy atom. The number of amides is 2. The molecule has 2 atom stereocenters. The van der Waals surface area contributed by atoms with Crippen molar-refractivity contribution in [2.75, 3.05) is 20.1 Å². The third-order valence-corrected chi connectivity index (χ3v) is 7.32. The number of aromatic nitrogens is 1. The minimum atomic E-state index is -0.520. The van der Waals surface area contributed by atoms with E-state index < -0.39 is 5.91 Å². The Morgan fingerprint density at radius 3 is 2.27 bits per heavy atom. The summed E-state index contributed by atoms with van der Waals surface area (Å²) in [5, 5.41) is 3.29. The molecule has 2 amide bonds. The topological polar surface area (TPSA) is 133 Å². The van der Waals surface area contributed by atoms with Gasteiger partial charge < -0.3 is 30.7 Å². The lowest BCUT2D eigenvalue weighted by molar-refractivity contribution is -0.0586. The van der Waals surface area contributed by atoms with Gasteiger partial charge in [0.2, 0.25) is 0 Å². The van der Waals surface area contributed by atoms with E-state index in [2.05, 4.69) is 4.57 Å². The number of morpholine rings is 1. The van der Waals surface area contributed by atoms with Crippen molar-refractivity contribution in [2.45, 2.75) is 52.4 Å². The van der Waals surface area contributed by atoms with Crippen LogP contribution in [0.2, 0.25) is 0 Å². The summed E-state index contributed by atoms with van der Waals surface area (Å²) in [6.07, 6.45) is 2.27. The standard InChI is InChI=1S/C28H36N6O3/c1-15-12-33(13-16(2)37-15)28(36)19-7-8-21-22-9-20(25(17(3)29)32(4)31)10-23(27(30)35)26(22)34(24(21)11-19)14-18-5-6-18/h7-11,15-16,18H,5-6,12-14,29,31H2,1-4H3,(H2,30,35)/b25-17-. The summed E-state index contributed by atoms with van der Waals surface area (Å²) in [5.74, 6) is 6.10. The maximum Gasteiger partial charge on any atom is 0.254 e. The van der Waals surface area contributed by atoms with Crippen LogP contribution in [0.15, 0.2) is 36.0 Å². The number of rotatable bonds is 6. The summed E-state index contributed by atoms with van der Waals surface area (Å²) < 4.78 is 7.98. The summed E-state index contributed by atoms with van der Waals surface area (Å²) in [4.78, 5) is 28.1. The molecule has 2 aromatic carbocycles. The molecular weight excluding hydrogens is 468 g/mol. The molecule has 0 bridgehead atoms. The molecule has 0 spiro atoms. The van der Waals surface area contributed by atoms with Crippen LogP contribution < -0.4 is 17.3 Å². The van der Waals surface area contributed by atoms with Gasteiger partial charge in [0.25, 0.3) is 11.8 Å². The number of allylic oxidation sites excluding steroid dienone is 1. The third kappa shape index (κ3) is 4.65. The van der Waals surface area contributed by atoms with Gasteiger partial charge in [-0.05, 0) is 63.8 Å². The number of fused-ring (bicyclic) bond motifs is 3. The van der Waals surface area contributed by atoms with Crippen molar-refractivity contribution < 1.29 is 14.3 Å². The first kappa shape index (κ1) is 25.1. The molecule has 9 nitrogen and oxygen atoms in total.